The highest BCUT2D eigenvalue weighted by molar-refractivity contribution is 7.20. The van der Waals surface area contributed by atoms with E-state index in [0.717, 1.165) is 28.8 Å². The number of thiophene rings is 1. The van der Waals surface area contributed by atoms with Crippen molar-refractivity contribution in [3.8, 4) is 0 Å². The molecule has 1 aliphatic carbocycles. The van der Waals surface area contributed by atoms with Crippen LogP contribution in [0.1, 0.15) is 67.4 Å². The molecule has 1 saturated carbocycles. The molecular formula is C20H27N5O3S. The number of imide groups is 1. The number of nitrogens with zero attached hydrogens (tertiary/aromatic N) is 3. The van der Waals surface area contributed by atoms with Crippen molar-refractivity contribution in [3.05, 3.63) is 16.6 Å². The van der Waals surface area contributed by atoms with E-state index in [9.17, 15) is 14.4 Å². The molecule has 4 rings (SSSR count). The van der Waals surface area contributed by atoms with E-state index in [1.54, 1.807) is 0 Å². The third-order valence-corrected chi connectivity index (χ3v) is 6.74. The maximum absolute atomic E-state index is 12.9. The first kappa shape index (κ1) is 19.9. The topological polar surface area (TPSA) is 96.3 Å². The van der Waals surface area contributed by atoms with Crippen molar-refractivity contribution >= 4 is 39.4 Å². The minimum atomic E-state index is -0.667. The second-order valence-corrected chi connectivity index (χ2v) is 9.73. The standard InChI is InChI=1S/C20H27N5O3S/c1-12-14-9-15(29-18(14)25(23-12)13-7-5-4-6-8-13)17(27)22-20(2,3)11-24-10-16(26)21-19(24)28/h9,13H,4-8,10-11H2,1-3H3,(H,22,27)(H,21,26,28). The van der Waals surface area contributed by atoms with Crippen LogP contribution < -0.4 is 10.6 Å². The van der Waals surface area contributed by atoms with Gasteiger partial charge in [-0.1, -0.05) is 19.3 Å². The second kappa shape index (κ2) is 7.44. The first-order valence-corrected chi connectivity index (χ1v) is 10.9. The Morgan fingerprint density at radius 2 is 2.03 bits per heavy atom. The zero-order valence-electron chi connectivity index (χ0n) is 17.1. The Labute approximate surface area is 173 Å². The van der Waals surface area contributed by atoms with E-state index in [-0.39, 0.29) is 24.9 Å². The van der Waals surface area contributed by atoms with Crippen molar-refractivity contribution in [1.29, 1.82) is 0 Å². The van der Waals surface area contributed by atoms with Crippen LogP contribution in [0.15, 0.2) is 6.07 Å². The summed E-state index contributed by atoms with van der Waals surface area (Å²) in [6, 6.07) is 1.92. The van der Waals surface area contributed by atoms with Gasteiger partial charge in [0.1, 0.15) is 11.4 Å². The second-order valence-electron chi connectivity index (χ2n) is 8.70. The first-order valence-electron chi connectivity index (χ1n) is 10.1. The highest BCUT2D eigenvalue weighted by atomic mass is 32.1. The summed E-state index contributed by atoms with van der Waals surface area (Å²) in [7, 11) is 0. The molecule has 0 unspecified atom stereocenters. The fraction of sp³-hybridized carbons (Fsp3) is 0.600. The van der Waals surface area contributed by atoms with Crippen molar-refractivity contribution in [2.75, 3.05) is 13.1 Å². The van der Waals surface area contributed by atoms with Gasteiger partial charge in [-0.2, -0.15) is 5.10 Å². The van der Waals surface area contributed by atoms with Crippen molar-refractivity contribution in [1.82, 2.24) is 25.3 Å². The van der Waals surface area contributed by atoms with Crippen molar-refractivity contribution in [3.63, 3.8) is 0 Å². The van der Waals surface area contributed by atoms with Crippen LogP contribution in [-0.4, -0.2) is 51.2 Å². The smallest absolute Gasteiger partial charge is 0.324 e. The molecule has 2 N–H and O–H groups in total. The maximum Gasteiger partial charge on any atom is 0.324 e. The summed E-state index contributed by atoms with van der Waals surface area (Å²) in [4.78, 5) is 39.2. The molecule has 29 heavy (non-hydrogen) atoms. The van der Waals surface area contributed by atoms with E-state index < -0.39 is 11.6 Å². The molecule has 0 spiro atoms. The molecule has 3 heterocycles. The van der Waals surface area contributed by atoms with Crippen molar-refractivity contribution < 1.29 is 14.4 Å². The van der Waals surface area contributed by atoms with Gasteiger partial charge in [0.2, 0.25) is 5.91 Å². The number of aryl methyl sites for hydroxylation is 1. The third kappa shape index (κ3) is 4.01. The minimum absolute atomic E-state index is 0.0252. The molecule has 4 amide bonds. The van der Waals surface area contributed by atoms with Crippen molar-refractivity contribution in [2.45, 2.75) is 64.5 Å². The average Bonchev–Trinajstić information content (AvgIpc) is 3.30. The first-order chi connectivity index (χ1) is 13.7. The Morgan fingerprint density at radius 1 is 1.31 bits per heavy atom. The van der Waals surface area contributed by atoms with Crippen LogP contribution in [0.25, 0.3) is 10.2 Å². The molecule has 0 atom stereocenters. The van der Waals surface area contributed by atoms with E-state index in [0.29, 0.717) is 10.9 Å². The molecule has 1 saturated heterocycles. The normalized spacial score (nSPS) is 18.5. The number of nitrogens with one attached hydrogen (secondary N) is 2. The fourth-order valence-corrected chi connectivity index (χ4v) is 5.38. The molecule has 2 aromatic rings. The number of fused-ring (bicyclic) bond motifs is 1. The van der Waals surface area contributed by atoms with Crippen LogP contribution in [0.4, 0.5) is 4.79 Å². The Bertz CT molecular complexity index is 970. The summed E-state index contributed by atoms with van der Waals surface area (Å²) in [5.41, 5.74) is 0.284. The van der Waals surface area contributed by atoms with Crippen LogP contribution in [0.3, 0.4) is 0 Å². The number of hydrogen-bond acceptors (Lipinski definition) is 5. The average molecular weight is 418 g/mol. The highest BCUT2D eigenvalue weighted by Crippen LogP contribution is 2.35. The molecule has 2 fully saturated rings. The van der Waals surface area contributed by atoms with E-state index in [1.807, 2.05) is 26.8 Å². The predicted molar refractivity (Wildman–Crippen MR) is 111 cm³/mol. The van der Waals surface area contributed by atoms with Gasteiger partial charge in [0.25, 0.3) is 5.91 Å². The lowest BCUT2D eigenvalue weighted by molar-refractivity contribution is -0.118. The van der Waals surface area contributed by atoms with Gasteiger partial charge in [-0.3, -0.25) is 19.6 Å². The molecule has 0 aromatic carbocycles. The molecule has 8 nitrogen and oxygen atoms in total. The van der Waals surface area contributed by atoms with Gasteiger partial charge in [-0.25, -0.2) is 4.79 Å². The number of carbonyl (C=O) groups is 3. The van der Waals surface area contributed by atoms with Gasteiger partial charge < -0.3 is 10.2 Å². The maximum atomic E-state index is 12.9. The lowest BCUT2D eigenvalue weighted by Crippen LogP contribution is -2.52. The molecular weight excluding hydrogens is 390 g/mol. The van der Waals surface area contributed by atoms with Gasteiger partial charge >= 0.3 is 6.03 Å². The summed E-state index contributed by atoms with van der Waals surface area (Å²) in [6.07, 6.45) is 6.02. The Kier molecular flexibility index (Phi) is 5.10. The Morgan fingerprint density at radius 3 is 2.69 bits per heavy atom. The zero-order valence-corrected chi connectivity index (χ0v) is 17.9. The number of hydrogen-bond donors (Lipinski definition) is 2. The van der Waals surface area contributed by atoms with Crippen molar-refractivity contribution in [2.24, 2.45) is 0 Å². The largest absolute Gasteiger partial charge is 0.345 e. The SMILES string of the molecule is Cc1nn(C2CCCCC2)c2sc(C(=O)NC(C)(C)CN3CC(=O)NC3=O)cc12. The van der Waals surface area contributed by atoms with Gasteiger partial charge in [0.05, 0.1) is 22.2 Å². The minimum Gasteiger partial charge on any atom is -0.345 e. The monoisotopic (exact) mass is 417 g/mol. The molecule has 1 aliphatic heterocycles. The van der Waals surface area contributed by atoms with Gasteiger partial charge in [-0.05, 0) is 39.7 Å². The van der Waals surface area contributed by atoms with Crippen LogP contribution in [0.2, 0.25) is 0 Å². The van der Waals surface area contributed by atoms with Crippen LogP contribution in [0, 0.1) is 6.92 Å². The van der Waals surface area contributed by atoms with Gasteiger partial charge in [0.15, 0.2) is 0 Å². The van der Waals surface area contributed by atoms with E-state index in [2.05, 4.69) is 15.3 Å². The number of aromatic nitrogens is 2. The molecule has 0 radical (unpaired) electrons. The molecule has 2 aromatic heterocycles. The quantitative estimate of drug-likeness (QED) is 0.731. The number of rotatable bonds is 5. The summed E-state index contributed by atoms with van der Waals surface area (Å²) < 4.78 is 2.12. The third-order valence-electron chi connectivity index (χ3n) is 5.62. The summed E-state index contributed by atoms with van der Waals surface area (Å²) >= 11 is 1.47. The number of amides is 4. The number of urea groups is 1. The Hall–Kier alpha value is -2.42. The lowest BCUT2D eigenvalue weighted by atomic mass is 9.96. The van der Waals surface area contributed by atoms with Crippen LogP contribution >= 0.6 is 11.3 Å². The molecule has 9 heteroatoms. The van der Waals surface area contributed by atoms with Gasteiger partial charge in [0, 0.05) is 11.9 Å². The summed E-state index contributed by atoms with van der Waals surface area (Å²) in [5, 5.41) is 11.1. The molecule has 0 bridgehead atoms. The van der Waals surface area contributed by atoms with E-state index in [1.165, 1.54) is 35.5 Å². The van der Waals surface area contributed by atoms with Gasteiger partial charge in [-0.15, -0.1) is 11.3 Å². The van der Waals surface area contributed by atoms with E-state index >= 15 is 0 Å². The van der Waals surface area contributed by atoms with Crippen LogP contribution in [0.5, 0.6) is 0 Å². The molecule has 156 valence electrons. The Balaban J connectivity index is 1.51. The fourth-order valence-electron chi connectivity index (χ4n) is 4.25. The van der Waals surface area contributed by atoms with E-state index in [4.69, 9.17) is 5.10 Å². The lowest BCUT2D eigenvalue weighted by Gasteiger charge is -2.30. The summed E-state index contributed by atoms with van der Waals surface area (Å²) in [5.74, 6) is -0.485. The highest BCUT2D eigenvalue weighted by Gasteiger charge is 2.33. The van der Waals surface area contributed by atoms with Crippen LogP contribution in [-0.2, 0) is 4.79 Å². The molecule has 2 aliphatic rings. The zero-order chi connectivity index (χ0) is 20.8. The predicted octanol–water partition coefficient (Wildman–Crippen LogP) is 2.97. The number of carbonyl (C=O) groups excluding carboxylic acids is 3. The summed E-state index contributed by atoms with van der Waals surface area (Å²) in [6.45, 7) is 5.98.